The van der Waals surface area contributed by atoms with Gasteiger partial charge >= 0.3 is 0 Å². The highest BCUT2D eigenvalue weighted by molar-refractivity contribution is 6.34. The first kappa shape index (κ1) is 8.12. The van der Waals surface area contributed by atoms with Gasteiger partial charge in [0.15, 0.2) is 5.82 Å². The second kappa shape index (κ2) is 2.64. The van der Waals surface area contributed by atoms with Crippen LogP contribution in [0.15, 0.2) is 18.3 Å². The molecule has 0 saturated heterocycles. The highest BCUT2D eigenvalue weighted by Crippen LogP contribution is 2.41. The van der Waals surface area contributed by atoms with Crippen molar-refractivity contribution in [2.75, 3.05) is 5.73 Å². The molecular weight excluding hydrogens is 198 g/mol. The lowest BCUT2D eigenvalue weighted by Crippen LogP contribution is -1.91. The van der Waals surface area contributed by atoms with Crippen LogP contribution in [0.1, 0.15) is 24.6 Å². The fraction of sp³-hybridized carbons (Fsp3) is 0.300. The molecule has 2 heterocycles. The Labute approximate surface area is 86.5 Å². The summed E-state index contributed by atoms with van der Waals surface area (Å²) in [4.78, 5) is 4.37. The molecule has 1 fully saturated rings. The fourth-order valence-corrected chi connectivity index (χ4v) is 2.04. The monoisotopic (exact) mass is 207 g/mol. The minimum atomic E-state index is 0.539. The van der Waals surface area contributed by atoms with Gasteiger partial charge in [0.25, 0.3) is 0 Å². The van der Waals surface area contributed by atoms with Crippen LogP contribution in [-0.2, 0) is 0 Å². The fourth-order valence-electron chi connectivity index (χ4n) is 1.78. The van der Waals surface area contributed by atoms with Gasteiger partial charge in [-0.15, -0.1) is 0 Å². The second-order valence-electron chi connectivity index (χ2n) is 3.70. The van der Waals surface area contributed by atoms with Gasteiger partial charge in [0, 0.05) is 12.1 Å². The number of halogens is 1. The van der Waals surface area contributed by atoms with E-state index in [2.05, 4.69) is 4.98 Å². The van der Waals surface area contributed by atoms with Crippen molar-refractivity contribution in [1.82, 2.24) is 9.38 Å². The van der Waals surface area contributed by atoms with Crippen LogP contribution < -0.4 is 5.73 Å². The summed E-state index contributed by atoms with van der Waals surface area (Å²) in [5.41, 5.74) is 6.67. The van der Waals surface area contributed by atoms with Gasteiger partial charge in [0.2, 0.25) is 0 Å². The molecule has 0 atom stereocenters. The van der Waals surface area contributed by atoms with Crippen LogP contribution in [0.4, 0.5) is 5.82 Å². The summed E-state index contributed by atoms with van der Waals surface area (Å²) in [5.74, 6) is 2.18. The number of anilines is 1. The molecule has 2 aromatic rings. The first-order valence-electron chi connectivity index (χ1n) is 4.69. The molecule has 0 amide bonds. The number of hydrogen-bond donors (Lipinski definition) is 1. The maximum absolute atomic E-state index is 6.06. The van der Waals surface area contributed by atoms with Gasteiger partial charge in [-0.2, -0.15) is 0 Å². The SMILES string of the molecule is Nc1nc(C2CC2)n2cccc(Cl)c12. The Balaban J connectivity index is 2.37. The summed E-state index contributed by atoms with van der Waals surface area (Å²) in [6, 6.07) is 3.76. The molecule has 1 saturated carbocycles. The summed E-state index contributed by atoms with van der Waals surface area (Å²) in [6.07, 6.45) is 4.40. The number of rotatable bonds is 1. The molecule has 0 bridgehead atoms. The third-order valence-electron chi connectivity index (χ3n) is 2.61. The highest BCUT2D eigenvalue weighted by atomic mass is 35.5. The topological polar surface area (TPSA) is 43.3 Å². The van der Waals surface area contributed by atoms with Gasteiger partial charge in [-0.05, 0) is 25.0 Å². The quantitative estimate of drug-likeness (QED) is 0.781. The summed E-state index contributed by atoms with van der Waals surface area (Å²) in [5, 5.41) is 0.671. The van der Waals surface area contributed by atoms with Crippen LogP contribution in [0, 0.1) is 0 Å². The zero-order chi connectivity index (χ0) is 9.71. The first-order chi connectivity index (χ1) is 6.77. The first-order valence-corrected chi connectivity index (χ1v) is 5.07. The Morgan fingerprint density at radius 3 is 3.00 bits per heavy atom. The summed E-state index contributed by atoms with van der Waals surface area (Å²) >= 11 is 6.06. The van der Waals surface area contributed by atoms with Crippen molar-refractivity contribution in [3.05, 3.63) is 29.2 Å². The molecule has 3 nitrogen and oxygen atoms in total. The molecular formula is C10H10ClN3. The maximum Gasteiger partial charge on any atom is 0.151 e. The van der Waals surface area contributed by atoms with Crippen molar-refractivity contribution in [2.45, 2.75) is 18.8 Å². The standard InChI is InChI=1S/C10H10ClN3/c11-7-2-1-5-14-8(7)9(12)13-10(14)6-3-4-6/h1-2,5-6H,3-4,12H2. The number of nitrogen functional groups attached to an aromatic ring is 1. The Kier molecular flexibility index (Phi) is 1.53. The molecule has 3 rings (SSSR count). The molecule has 0 radical (unpaired) electrons. The van der Waals surface area contributed by atoms with Crippen LogP contribution in [0.3, 0.4) is 0 Å². The Morgan fingerprint density at radius 1 is 1.50 bits per heavy atom. The summed E-state index contributed by atoms with van der Waals surface area (Å²) in [6.45, 7) is 0. The zero-order valence-electron chi connectivity index (χ0n) is 7.57. The average Bonchev–Trinajstić information content (AvgIpc) is 2.93. The maximum atomic E-state index is 6.06. The van der Waals surface area contributed by atoms with Gasteiger partial charge in [-0.1, -0.05) is 11.6 Å². The summed E-state index contributed by atoms with van der Waals surface area (Å²) in [7, 11) is 0. The molecule has 0 aromatic carbocycles. The van der Waals surface area contributed by atoms with E-state index in [1.807, 2.05) is 22.7 Å². The number of nitrogens with zero attached hydrogens (tertiary/aromatic N) is 2. The third-order valence-corrected chi connectivity index (χ3v) is 2.92. The molecule has 2 N–H and O–H groups in total. The van der Waals surface area contributed by atoms with E-state index in [1.54, 1.807) is 0 Å². The Hall–Kier alpha value is -1.22. The van der Waals surface area contributed by atoms with E-state index in [-0.39, 0.29) is 0 Å². The molecule has 1 aliphatic carbocycles. The van der Waals surface area contributed by atoms with E-state index >= 15 is 0 Å². The lowest BCUT2D eigenvalue weighted by atomic mass is 10.4. The van der Waals surface area contributed by atoms with E-state index < -0.39 is 0 Å². The van der Waals surface area contributed by atoms with Crippen molar-refractivity contribution in [1.29, 1.82) is 0 Å². The molecule has 0 spiro atoms. The second-order valence-corrected chi connectivity index (χ2v) is 4.11. The minimum Gasteiger partial charge on any atom is -0.382 e. The smallest absolute Gasteiger partial charge is 0.151 e. The van der Waals surface area contributed by atoms with Gasteiger partial charge < -0.3 is 10.1 Å². The van der Waals surface area contributed by atoms with Crippen molar-refractivity contribution in [3.8, 4) is 0 Å². The van der Waals surface area contributed by atoms with E-state index in [0.29, 0.717) is 16.8 Å². The Bertz CT molecular complexity index is 499. The predicted octanol–water partition coefficient (Wildman–Crippen LogP) is 2.45. The number of pyridine rings is 1. The van der Waals surface area contributed by atoms with Crippen LogP contribution in [-0.4, -0.2) is 9.38 Å². The molecule has 0 aliphatic heterocycles. The number of aromatic nitrogens is 2. The van der Waals surface area contributed by atoms with Crippen LogP contribution in [0.2, 0.25) is 5.02 Å². The van der Waals surface area contributed by atoms with Crippen molar-refractivity contribution < 1.29 is 0 Å². The van der Waals surface area contributed by atoms with E-state index in [9.17, 15) is 0 Å². The molecule has 14 heavy (non-hydrogen) atoms. The van der Waals surface area contributed by atoms with E-state index in [4.69, 9.17) is 17.3 Å². The third kappa shape index (κ3) is 1.02. The Morgan fingerprint density at radius 2 is 2.29 bits per heavy atom. The average molecular weight is 208 g/mol. The number of nitrogens with two attached hydrogens (primary N) is 1. The number of hydrogen-bond acceptors (Lipinski definition) is 2. The zero-order valence-corrected chi connectivity index (χ0v) is 8.33. The van der Waals surface area contributed by atoms with Gasteiger partial charge in [-0.3, -0.25) is 0 Å². The normalized spacial score (nSPS) is 16.4. The molecule has 1 aliphatic rings. The number of imidazole rings is 1. The van der Waals surface area contributed by atoms with Crippen LogP contribution in [0.25, 0.3) is 5.52 Å². The van der Waals surface area contributed by atoms with Crippen molar-refractivity contribution in [3.63, 3.8) is 0 Å². The van der Waals surface area contributed by atoms with Crippen molar-refractivity contribution in [2.24, 2.45) is 0 Å². The number of fused-ring (bicyclic) bond motifs is 1. The lowest BCUT2D eigenvalue weighted by molar-refractivity contribution is 0.922. The molecule has 2 aromatic heterocycles. The van der Waals surface area contributed by atoms with Gasteiger partial charge in [0.1, 0.15) is 11.3 Å². The lowest BCUT2D eigenvalue weighted by Gasteiger charge is -1.99. The molecule has 72 valence electrons. The molecule has 4 heteroatoms. The largest absolute Gasteiger partial charge is 0.382 e. The van der Waals surface area contributed by atoms with Gasteiger partial charge in [-0.25, -0.2) is 4.98 Å². The summed E-state index contributed by atoms with van der Waals surface area (Å²) < 4.78 is 2.01. The van der Waals surface area contributed by atoms with Gasteiger partial charge in [0.05, 0.1) is 5.02 Å². The van der Waals surface area contributed by atoms with Crippen molar-refractivity contribution >= 4 is 22.9 Å². The van der Waals surface area contributed by atoms with E-state index in [0.717, 1.165) is 11.3 Å². The molecule has 0 unspecified atom stereocenters. The van der Waals surface area contributed by atoms with E-state index in [1.165, 1.54) is 12.8 Å². The highest BCUT2D eigenvalue weighted by Gasteiger charge is 2.29. The predicted molar refractivity (Wildman–Crippen MR) is 56.6 cm³/mol. The minimum absolute atomic E-state index is 0.539. The van der Waals surface area contributed by atoms with Crippen LogP contribution in [0.5, 0.6) is 0 Å². The van der Waals surface area contributed by atoms with Crippen LogP contribution >= 0.6 is 11.6 Å².